The molecule has 2 N–H and O–H groups in total. The molecule has 0 aromatic carbocycles. The third-order valence-corrected chi connectivity index (χ3v) is 3.82. The first-order chi connectivity index (χ1) is 10.5. The zero-order valence-electron chi connectivity index (χ0n) is 13.7. The molecule has 0 spiro atoms. The van der Waals surface area contributed by atoms with Gasteiger partial charge in [0.15, 0.2) is 0 Å². The highest BCUT2D eigenvalue weighted by molar-refractivity contribution is 5.74. The number of nitrogens with one attached hydrogen (secondary N) is 1. The molecule has 2 rings (SSSR count). The number of hydrogen-bond acceptors (Lipinski definition) is 4. The average molecular weight is 306 g/mol. The quantitative estimate of drug-likeness (QED) is 0.865. The fourth-order valence-electron chi connectivity index (χ4n) is 2.70. The first kappa shape index (κ1) is 16.5. The van der Waals surface area contributed by atoms with Gasteiger partial charge in [-0.3, -0.25) is 0 Å². The van der Waals surface area contributed by atoms with Crippen LogP contribution < -0.4 is 10.2 Å². The number of carbonyl (C=O) groups excluding carboxylic acids is 1. The number of hydrogen-bond donors (Lipinski definition) is 2. The molecule has 0 saturated carbocycles. The number of anilines is 1. The number of aromatic nitrogens is 1. The molecule has 1 aliphatic rings. The van der Waals surface area contributed by atoms with Crippen molar-refractivity contribution in [3.05, 3.63) is 23.4 Å². The molecule has 1 atom stereocenters. The Hall–Kier alpha value is -1.82. The monoisotopic (exact) mass is 306 g/mol. The summed E-state index contributed by atoms with van der Waals surface area (Å²) in [4.78, 5) is 20.4. The van der Waals surface area contributed by atoms with E-state index in [0.29, 0.717) is 13.1 Å². The molecule has 1 aliphatic heterocycles. The van der Waals surface area contributed by atoms with Gasteiger partial charge in [-0.15, -0.1) is 0 Å². The van der Waals surface area contributed by atoms with Crippen LogP contribution in [0.4, 0.5) is 10.6 Å². The maximum Gasteiger partial charge on any atom is 0.317 e. The summed E-state index contributed by atoms with van der Waals surface area (Å²) in [5.41, 5.74) is 2.02. The van der Waals surface area contributed by atoms with Crippen molar-refractivity contribution in [2.75, 3.05) is 31.6 Å². The van der Waals surface area contributed by atoms with Crippen LogP contribution in [0.15, 0.2) is 12.1 Å². The number of aryl methyl sites for hydroxylation is 1. The molecule has 0 bridgehead atoms. The van der Waals surface area contributed by atoms with Gasteiger partial charge in [-0.05, 0) is 32.8 Å². The normalized spacial score (nSPS) is 15.7. The Labute approximate surface area is 132 Å². The topological polar surface area (TPSA) is 68.7 Å². The first-order valence-corrected chi connectivity index (χ1v) is 7.86. The molecule has 1 aromatic heterocycles. The summed E-state index contributed by atoms with van der Waals surface area (Å²) in [6, 6.07) is 3.82. The smallest absolute Gasteiger partial charge is 0.317 e. The summed E-state index contributed by atoms with van der Waals surface area (Å²) >= 11 is 0. The fraction of sp³-hybridized carbons (Fsp3) is 0.625. The minimum absolute atomic E-state index is 0.186. The number of carbonyl (C=O) groups is 1. The van der Waals surface area contributed by atoms with Gasteiger partial charge >= 0.3 is 6.03 Å². The van der Waals surface area contributed by atoms with Crippen LogP contribution in [0.5, 0.6) is 0 Å². The van der Waals surface area contributed by atoms with E-state index in [-0.39, 0.29) is 6.03 Å². The van der Waals surface area contributed by atoms with Gasteiger partial charge in [0.25, 0.3) is 0 Å². The average Bonchev–Trinajstić information content (AvgIpc) is 2.98. The molecule has 1 saturated heterocycles. The lowest BCUT2D eigenvalue weighted by atomic mass is 10.2. The highest BCUT2D eigenvalue weighted by Crippen LogP contribution is 2.22. The second-order valence-corrected chi connectivity index (χ2v) is 6.02. The van der Waals surface area contributed by atoms with E-state index >= 15 is 0 Å². The molecule has 122 valence electrons. The van der Waals surface area contributed by atoms with Crippen LogP contribution in [-0.2, 0) is 6.54 Å². The molecular weight excluding hydrogens is 280 g/mol. The number of pyridine rings is 1. The van der Waals surface area contributed by atoms with Gasteiger partial charge in [0, 0.05) is 44.5 Å². The molecule has 6 heteroatoms. The molecule has 2 heterocycles. The molecule has 1 aromatic rings. The highest BCUT2D eigenvalue weighted by atomic mass is 16.3. The van der Waals surface area contributed by atoms with E-state index in [0.717, 1.165) is 30.2 Å². The van der Waals surface area contributed by atoms with E-state index in [9.17, 15) is 9.90 Å². The van der Waals surface area contributed by atoms with Crippen LogP contribution in [0, 0.1) is 6.92 Å². The third-order valence-electron chi connectivity index (χ3n) is 3.82. The molecule has 1 fully saturated rings. The zero-order valence-corrected chi connectivity index (χ0v) is 13.7. The van der Waals surface area contributed by atoms with E-state index in [1.54, 1.807) is 14.0 Å². The van der Waals surface area contributed by atoms with Gasteiger partial charge in [0.05, 0.1) is 6.10 Å². The van der Waals surface area contributed by atoms with Crippen molar-refractivity contribution < 1.29 is 9.90 Å². The lowest BCUT2D eigenvalue weighted by Crippen LogP contribution is -2.40. The standard InChI is InChI=1S/C16H26N4O2/c1-12-6-7-14(15(18-12)20-8-4-5-9-20)10-17-16(22)19(3)11-13(2)21/h6-7,13,21H,4-5,8-11H2,1-3H3,(H,17,22)/t13-/m1/s1. The lowest BCUT2D eigenvalue weighted by molar-refractivity contribution is 0.143. The van der Waals surface area contributed by atoms with Crippen LogP contribution >= 0.6 is 0 Å². The van der Waals surface area contributed by atoms with Gasteiger partial charge in [0.2, 0.25) is 0 Å². The lowest BCUT2D eigenvalue weighted by Gasteiger charge is -2.22. The van der Waals surface area contributed by atoms with E-state index in [1.807, 2.05) is 19.1 Å². The van der Waals surface area contributed by atoms with E-state index in [1.165, 1.54) is 17.7 Å². The van der Waals surface area contributed by atoms with Gasteiger partial charge < -0.3 is 20.2 Å². The second kappa shape index (κ2) is 7.45. The van der Waals surface area contributed by atoms with Gasteiger partial charge in [-0.2, -0.15) is 0 Å². The maximum absolute atomic E-state index is 12.0. The Bertz CT molecular complexity index is 513. The number of likely N-dealkylation sites (N-methyl/N-ethyl adjacent to an activating group) is 1. The summed E-state index contributed by atoms with van der Waals surface area (Å²) in [5.74, 6) is 0.982. The fourth-order valence-corrected chi connectivity index (χ4v) is 2.70. The summed E-state index contributed by atoms with van der Waals surface area (Å²) in [6.07, 6.45) is 1.86. The van der Waals surface area contributed by atoms with Crippen molar-refractivity contribution in [3.63, 3.8) is 0 Å². The minimum atomic E-state index is -0.531. The van der Waals surface area contributed by atoms with Crippen LogP contribution in [0.1, 0.15) is 31.0 Å². The Kier molecular flexibility index (Phi) is 5.60. The molecule has 0 aliphatic carbocycles. The SMILES string of the molecule is Cc1ccc(CNC(=O)N(C)C[C@@H](C)O)c(N2CCCC2)n1. The highest BCUT2D eigenvalue weighted by Gasteiger charge is 2.18. The van der Waals surface area contributed by atoms with Crippen molar-refractivity contribution in [1.82, 2.24) is 15.2 Å². The van der Waals surface area contributed by atoms with Gasteiger partial charge in [-0.25, -0.2) is 9.78 Å². The Morgan fingerprint density at radius 1 is 1.45 bits per heavy atom. The number of rotatable bonds is 5. The number of aliphatic hydroxyl groups is 1. The number of amides is 2. The minimum Gasteiger partial charge on any atom is -0.392 e. The van der Waals surface area contributed by atoms with Crippen molar-refractivity contribution in [2.45, 2.75) is 39.3 Å². The first-order valence-electron chi connectivity index (χ1n) is 7.86. The summed E-state index contributed by atoms with van der Waals surface area (Å²) in [7, 11) is 1.68. The summed E-state index contributed by atoms with van der Waals surface area (Å²) in [5, 5.41) is 12.2. The van der Waals surface area contributed by atoms with Crippen molar-refractivity contribution in [3.8, 4) is 0 Å². The van der Waals surface area contributed by atoms with Crippen molar-refractivity contribution >= 4 is 11.8 Å². The molecular formula is C16H26N4O2. The van der Waals surface area contributed by atoms with Crippen LogP contribution in [0.3, 0.4) is 0 Å². The number of urea groups is 1. The largest absolute Gasteiger partial charge is 0.392 e. The third kappa shape index (κ3) is 4.34. The Balaban J connectivity index is 2.01. The van der Waals surface area contributed by atoms with Gasteiger partial charge in [0.1, 0.15) is 5.82 Å². The van der Waals surface area contributed by atoms with Crippen molar-refractivity contribution in [2.24, 2.45) is 0 Å². The number of nitrogens with zero attached hydrogens (tertiary/aromatic N) is 3. The Morgan fingerprint density at radius 3 is 2.77 bits per heavy atom. The molecule has 2 amide bonds. The summed E-state index contributed by atoms with van der Waals surface area (Å²) < 4.78 is 0. The van der Waals surface area contributed by atoms with E-state index < -0.39 is 6.10 Å². The van der Waals surface area contributed by atoms with Gasteiger partial charge in [-0.1, -0.05) is 6.07 Å². The van der Waals surface area contributed by atoms with Crippen LogP contribution in [0.25, 0.3) is 0 Å². The van der Waals surface area contributed by atoms with Crippen molar-refractivity contribution in [1.29, 1.82) is 0 Å². The summed E-state index contributed by atoms with van der Waals surface area (Å²) in [6.45, 7) is 6.47. The number of aliphatic hydroxyl groups excluding tert-OH is 1. The molecule has 0 radical (unpaired) electrons. The zero-order chi connectivity index (χ0) is 16.1. The second-order valence-electron chi connectivity index (χ2n) is 6.02. The molecule has 22 heavy (non-hydrogen) atoms. The maximum atomic E-state index is 12.0. The van der Waals surface area contributed by atoms with E-state index in [4.69, 9.17) is 0 Å². The van der Waals surface area contributed by atoms with E-state index in [2.05, 4.69) is 15.2 Å². The Morgan fingerprint density at radius 2 is 2.14 bits per heavy atom. The molecule has 0 unspecified atom stereocenters. The predicted molar refractivity (Wildman–Crippen MR) is 87.0 cm³/mol. The molecule has 6 nitrogen and oxygen atoms in total. The van der Waals surface area contributed by atoms with Crippen LogP contribution in [-0.4, -0.2) is 53.8 Å². The predicted octanol–water partition coefficient (Wildman–Crippen LogP) is 1.51. The van der Waals surface area contributed by atoms with Crippen LogP contribution in [0.2, 0.25) is 0 Å².